The van der Waals surface area contributed by atoms with Crippen molar-refractivity contribution in [3.05, 3.63) is 52.5 Å². The molecule has 0 bridgehead atoms. The second kappa shape index (κ2) is 9.57. The summed E-state index contributed by atoms with van der Waals surface area (Å²) in [6.07, 6.45) is 6.31. The number of piperidine rings is 1. The fraction of sp³-hybridized carbons (Fsp3) is 0.577. The van der Waals surface area contributed by atoms with Crippen molar-refractivity contribution >= 4 is 11.7 Å². The highest BCUT2D eigenvalue weighted by molar-refractivity contribution is 5.88. The molecule has 1 saturated heterocycles. The molecule has 1 aliphatic heterocycles. The van der Waals surface area contributed by atoms with Crippen LogP contribution in [0.5, 0.6) is 0 Å². The minimum Gasteiger partial charge on any atom is -0.373 e. The van der Waals surface area contributed by atoms with Crippen molar-refractivity contribution in [2.24, 2.45) is 0 Å². The first-order chi connectivity index (χ1) is 15.4. The fourth-order valence-corrected chi connectivity index (χ4v) is 5.53. The van der Waals surface area contributed by atoms with Crippen LogP contribution in [-0.2, 0) is 16.8 Å². The zero-order valence-corrected chi connectivity index (χ0v) is 20.0. The highest BCUT2D eigenvalue weighted by atomic mass is 16.2. The number of anilines is 1. The number of hydrogen-bond donors (Lipinski definition) is 2. The molecule has 32 heavy (non-hydrogen) atoms. The number of aromatic nitrogens is 2. The van der Waals surface area contributed by atoms with Crippen molar-refractivity contribution in [3.63, 3.8) is 0 Å². The summed E-state index contributed by atoms with van der Waals surface area (Å²) in [4.78, 5) is 25.3. The summed E-state index contributed by atoms with van der Waals surface area (Å²) >= 11 is 0. The number of nitrogens with zero attached hydrogens (tertiary/aromatic N) is 3. The van der Waals surface area contributed by atoms with E-state index in [1.54, 1.807) is 0 Å². The van der Waals surface area contributed by atoms with Gasteiger partial charge in [-0.3, -0.25) is 4.79 Å². The Labute approximate surface area is 192 Å². The monoisotopic (exact) mass is 435 g/mol. The Morgan fingerprint density at radius 3 is 2.47 bits per heavy atom. The van der Waals surface area contributed by atoms with E-state index >= 15 is 0 Å². The number of nitrogens with one attached hydrogen (secondary N) is 2. The lowest BCUT2D eigenvalue weighted by molar-refractivity contribution is -0.136. The van der Waals surface area contributed by atoms with E-state index in [0.717, 1.165) is 63.1 Å². The zero-order valence-electron chi connectivity index (χ0n) is 20.0. The number of amides is 1. The van der Waals surface area contributed by atoms with Crippen molar-refractivity contribution in [2.75, 3.05) is 32.5 Å². The van der Waals surface area contributed by atoms with Crippen LogP contribution in [0.15, 0.2) is 24.3 Å². The van der Waals surface area contributed by atoms with E-state index in [4.69, 9.17) is 4.98 Å². The number of rotatable bonds is 6. The molecule has 4 rings (SSSR count). The number of aryl methyl sites for hydroxylation is 2. The molecule has 2 heterocycles. The summed E-state index contributed by atoms with van der Waals surface area (Å²) in [5.74, 6) is 2.12. The van der Waals surface area contributed by atoms with Crippen LogP contribution in [0.25, 0.3) is 0 Å². The largest absolute Gasteiger partial charge is 0.373 e. The number of benzene rings is 1. The second-order valence-corrected chi connectivity index (χ2v) is 9.71. The molecule has 2 fully saturated rings. The van der Waals surface area contributed by atoms with Gasteiger partial charge in [0.15, 0.2) is 0 Å². The summed E-state index contributed by atoms with van der Waals surface area (Å²) in [7, 11) is 3.79. The maximum Gasteiger partial charge on any atom is 0.233 e. The van der Waals surface area contributed by atoms with Crippen molar-refractivity contribution in [2.45, 2.75) is 70.3 Å². The van der Waals surface area contributed by atoms with Crippen LogP contribution in [-0.4, -0.2) is 48.0 Å². The third-order valence-electron chi connectivity index (χ3n) is 7.13. The van der Waals surface area contributed by atoms with E-state index in [1.807, 2.05) is 19.0 Å². The van der Waals surface area contributed by atoms with Gasteiger partial charge in [0.05, 0.1) is 17.7 Å². The first-order valence-electron chi connectivity index (χ1n) is 12.0. The Hall–Kier alpha value is -2.47. The highest BCUT2D eigenvalue weighted by Crippen LogP contribution is 2.43. The van der Waals surface area contributed by atoms with Crippen molar-refractivity contribution in [3.8, 4) is 0 Å². The van der Waals surface area contributed by atoms with Crippen LogP contribution in [0.1, 0.15) is 72.7 Å². The minimum absolute atomic E-state index is 0.194. The van der Waals surface area contributed by atoms with E-state index in [0.29, 0.717) is 18.3 Å². The molecule has 6 heteroatoms. The van der Waals surface area contributed by atoms with E-state index in [1.165, 1.54) is 16.7 Å². The predicted molar refractivity (Wildman–Crippen MR) is 129 cm³/mol. The van der Waals surface area contributed by atoms with Crippen LogP contribution in [0.2, 0.25) is 0 Å². The molecular formula is C26H37N5O. The van der Waals surface area contributed by atoms with Crippen LogP contribution >= 0.6 is 0 Å². The zero-order chi connectivity index (χ0) is 22.7. The third kappa shape index (κ3) is 4.65. The summed E-state index contributed by atoms with van der Waals surface area (Å²) in [6.45, 7) is 6.68. The molecule has 1 aromatic carbocycles. The molecule has 2 aliphatic rings. The third-order valence-corrected chi connectivity index (χ3v) is 7.13. The van der Waals surface area contributed by atoms with Crippen LogP contribution < -0.4 is 10.6 Å². The first-order valence-corrected chi connectivity index (χ1v) is 12.0. The van der Waals surface area contributed by atoms with Gasteiger partial charge >= 0.3 is 0 Å². The Morgan fingerprint density at radius 2 is 1.84 bits per heavy atom. The van der Waals surface area contributed by atoms with Crippen molar-refractivity contribution < 1.29 is 4.79 Å². The maximum absolute atomic E-state index is 13.9. The van der Waals surface area contributed by atoms with Gasteiger partial charge in [0, 0.05) is 32.6 Å². The summed E-state index contributed by atoms with van der Waals surface area (Å²) in [5, 5.41) is 6.65. The summed E-state index contributed by atoms with van der Waals surface area (Å²) < 4.78 is 0. The smallest absolute Gasteiger partial charge is 0.233 e. The van der Waals surface area contributed by atoms with Crippen LogP contribution in [0, 0.1) is 13.8 Å². The Morgan fingerprint density at radius 1 is 1.12 bits per heavy atom. The van der Waals surface area contributed by atoms with Gasteiger partial charge in [-0.25, -0.2) is 9.97 Å². The molecule has 0 spiro atoms. The average Bonchev–Trinajstić information content (AvgIpc) is 3.29. The molecule has 0 radical (unpaired) electrons. The Kier molecular flexibility index (Phi) is 6.79. The van der Waals surface area contributed by atoms with Gasteiger partial charge in [0.1, 0.15) is 11.6 Å². The van der Waals surface area contributed by atoms with E-state index in [9.17, 15) is 4.79 Å². The number of likely N-dealkylation sites (N-methyl/N-ethyl adjacent to an activating group) is 1. The number of hydrogen-bond acceptors (Lipinski definition) is 5. The predicted octanol–water partition coefficient (Wildman–Crippen LogP) is 4.07. The molecule has 1 aliphatic carbocycles. The molecule has 1 saturated carbocycles. The van der Waals surface area contributed by atoms with Gasteiger partial charge < -0.3 is 15.5 Å². The molecule has 0 unspecified atom stereocenters. The molecular weight excluding hydrogens is 398 g/mol. The van der Waals surface area contributed by atoms with Gasteiger partial charge in [0.2, 0.25) is 5.91 Å². The molecule has 1 aromatic heterocycles. The Bertz CT molecular complexity index is 940. The molecule has 1 amide bonds. The molecule has 2 N–H and O–H groups in total. The van der Waals surface area contributed by atoms with Crippen molar-refractivity contribution in [1.29, 1.82) is 0 Å². The van der Waals surface area contributed by atoms with E-state index in [2.05, 4.69) is 53.7 Å². The number of carbonyl (C=O) groups is 1. The fourth-order valence-electron chi connectivity index (χ4n) is 5.53. The van der Waals surface area contributed by atoms with Gasteiger partial charge in [-0.1, -0.05) is 42.2 Å². The average molecular weight is 436 g/mol. The van der Waals surface area contributed by atoms with Gasteiger partial charge in [-0.05, 0) is 51.6 Å². The highest BCUT2D eigenvalue weighted by Gasteiger charge is 2.44. The van der Waals surface area contributed by atoms with Crippen LogP contribution in [0.3, 0.4) is 0 Å². The second-order valence-electron chi connectivity index (χ2n) is 9.71. The molecule has 2 aromatic rings. The standard InChI is InChI=1S/C26H37N5O/c1-18-12-19(2)14-21(13-18)26(9-5-6-10-26)25(32)31(4)17-24-29-22(15-23(27-3)30-24)20-8-7-11-28-16-20/h12-15,20,28H,5-11,16-17H2,1-4H3,(H,27,29,30)/t20-/m0/s1. The normalized spacial score (nSPS) is 20.2. The lowest BCUT2D eigenvalue weighted by Gasteiger charge is -2.33. The maximum atomic E-state index is 13.9. The summed E-state index contributed by atoms with van der Waals surface area (Å²) in [5.41, 5.74) is 4.25. The van der Waals surface area contributed by atoms with Gasteiger partial charge in [-0.2, -0.15) is 0 Å². The minimum atomic E-state index is -0.428. The quantitative estimate of drug-likeness (QED) is 0.716. The van der Waals surface area contributed by atoms with E-state index in [-0.39, 0.29) is 5.91 Å². The topological polar surface area (TPSA) is 70.2 Å². The lowest BCUT2D eigenvalue weighted by atomic mass is 9.76. The van der Waals surface area contributed by atoms with Crippen LogP contribution in [0.4, 0.5) is 5.82 Å². The molecule has 172 valence electrons. The van der Waals surface area contributed by atoms with E-state index < -0.39 is 5.41 Å². The number of carbonyl (C=O) groups excluding carboxylic acids is 1. The first kappa shape index (κ1) is 22.7. The lowest BCUT2D eigenvalue weighted by Crippen LogP contribution is -2.43. The Balaban J connectivity index is 1.59. The molecule has 6 nitrogen and oxygen atoms in total. The van der Waals surface area contributed by atoms with Gasteiger partial charge in [0.25, 0.3) is 0 Å². The van der Waals surface area contributed by atoms with Gasteiger partial charge in [-0.15, -0.1) is 0 Å². The SMILES string of the molecule is CNc1cc([C@H]2CCCNC2)nc(CN(C)C(=O)C2(c3cc(C)cc(C)c3)CCCC2)n1. The summed E-state index contributed by atoms with van der Waals surface area (Å²) in [6, 6.07) is 8.64. The van der Waals surface area contributed by atoms with Crippen molar-refractivity contribution in [1.82, 2.24) is 20.2 Å². The molecule has 1 atom stereocenters.